The second-order valence-electron chi connectivity index (χ2n) is 2.50. The molecule has 0 unspecified atom stereocenters. The van der Waals surface area contributed by atoms with E-state index < -0.39 is 0 Å². The summed E-state index contributed by atoms with van der Waals surface area (Å²) in [6, 6.07) is 1.67. The summed E-state index contributed by atoms with van der Waals surface area (Å²) in [7, 11) is 0. The highest BCUT2D eigenvalue weighted by molar-refractivity contribution is 6.28. The SMILES string of the molecule is Nc1nccnc1-c1ccnc(Cl)n1. The Bertz CT molecular complexity index is 459. The van der Waals surface area contributed by atoms with Crippen LogP contribution in [-0.4, -0.2) is 19.9 Å². The quantitative estimate of drug-likeness (QED) is 0.711. The van der Waals surface area contributed by atoms with Gasteiger partial charge >= 0.3 is 0 Å². The van der Waals surface area contributed by atoms with E-state index in [1.807, 2.05) is 0 Å². The Morgan fingerprint density at radius 1 is 1.07 bits per heavy atom. The topological polar surface area (TPSA) is 77.6 Å². The molecule has 2 rings (SSSR count). The van der Waals surface area contributed by atoms with Crippen LogP contribution >= 0.6 is 11.6 Å². The number of nitrogens with two attached hydrogens (primary N) is 1. The summed E-state index contributed by atoms with van der Waals surface area (Å²) < 4.78 is 0. The molecule has 14 heavy (non-hydrogen) atoms. The van der Waals surface area contributed by atoms with Crippen molar-refractivity contribution in [1.82, 2.24) is 19.9 Å². The molecule has 5 nitrogen and oxygen atoms in total. The minimum absolute atomic E-state index is 0.160. The zero-order chi connectivity index (χ0) is 9.97. The Balaban J connectivity index is 2.55. The van der Waals surface area contributed by atoms with Gasteiger partial charge in [-0.3, -0.25) is 0 Å². The fourth-order valence-corrected chi connectivity index (χ4v) is 1.16. The second-order valence-corrected chi connectivity index (χ2v) is 2.84. The van der Waals surface area contributed by atoms with Crippen molar-refractivity contribution in [3.63, 3.8) is 0 Å². The number of nitrogens with zero attached hydrogens (tertiary/aromatic N) is 4. The van der Waals surface area contributed by atoms with Gasteiger partial charge in [0.25, 0.3) is 0 Å². The summed E-state index contributed by atoms with van der Waals surface area (Å²) in [6.07, 6.45) is 4.60. The van der Waals surface area contributed by atoms with Crippen LogP contribution in [0.25, 0.3) is 11.4 Å². The smallest absolute Gasteiger partial charge is 0.222 e. The van der Waals surface area contributed by atoms with Gasteiger partial charge in [0.15, 0.2) is 5.82 Å². The van der Waals surface area contributed by atoms with Crippen molar-refractivity contribution >= 4 is 17.4 Å². The second kappa shape index (κ2) is 3.55. The molecule has 0 saturated heterocycles. The highest BCUT2D eigenvalue weighted by Gasteiger charge is 2.06. The van der Waals surface area contributed by atoms with Crippen LogP contribution in [0.2, 0.25) is 5.28 Å². The van der Waals surface area contributed by atoms with Crippen LogP contribution < -0.4 is 5.73 Å². The van der Waals surface area contributed by atoms with Crippen LogP contribution in [0.4, 0.5) is 5.82 Å². The standard InChI is InChI=1S/C8H6ClN5/c9-8-13-2-1-5(14-8)6-7(10)12-4-3-11-6/h1-4H,(H2,10,12). The average Bonchev–Trinajstić information content (AvgIpc) is 2.18. The van der Waals surface area contributed by atoms with E-state index in [2.05, 4.69) is 19.9 Å². The lowest BCUT2D eigenvalue weighted by Gasteiger charge is -2.01. The normalized spacial score (nSPS) is 10.1. The molecule has 0 fully saturated rings. The monoisotopic (exact) mass is 207 g/mol. The van der Waals surface area contributed by atoms with Gasteiger partial charge in [-0.1, -0.05) is 0 Å². The van der Waals surface area contributed by atoms with E-state index in [1.54, 1.807) is 18.5 Å². The zero-order valence-electron chi connectivity index (χ0n) is 7.05. The summed E-state index contributed by atoms with van der Waals surface area (Å²) in [5.41, 5.74) is 6.70. The predicted molar refractivity (Wildman–Crippen MR) is 52.5 cm³/mol. The van der Waals surface area contributed by atoms with Gasteiger partial charge in [0, 0.05) is 18.6 Å². The van der Waals surface area contributed by atoms with Crippen molar-refractivity contribution in [3.05, 3.63) is 29.9 Å². The van der Waals surface area contributed by atoms with Gasteiger partial charge < -0.3 is 5.73 Å². The number of aromatic nitrogens is 4. The van der Waals surface area contributed by atoms with Crippen LogP contribution in [-0.2, 0) is 0 Å². The van der Waals surface area contributed by atoms with Crippen LogP contribution in [0, 0.1) is 0 Å². The number of anilines is 1. The summed E-state index contributed by atoms with van der Waals surface area (Å²) in [5.74, 6) is 0.322. The summed E-state index contributed by atoms with van der Waals surface area (Å²) in [6.45, 7) is 0. The fraction of sp³-hybridized carbons (Fsp3) is 0. The Kier molecular flexibility index (Phi) is 2.24. The fourth-order valence-electron chi connectivity index (χ4n) is 1.01. The molecule has 0 aliphatic carbocycles. The third-order valence-electron chi connectivity index (χ3n) is 1.60. The number of hydrogen-bond donors (Lipinski definition) is 1. The molecule has 0 aromatic carbocycles. The van der Waals surface area contributed by atoms with E-state index in [0.717, 1.165) is 0 Å². The molecule has 0 aliphatic rings. The van der Waals surface area contributed by atoms with Crippen molar-refractivity contribution in [2.45, 2.75) is 0 Å². The van der Waals surface area contributed by atoms with E-state index in [4.69, 9.17) is 17.3 Å². The molecule has 0 atom stereocenters. The zero-order valence-corrected chi connectivity index (χ0v) is 7.81. The number of nitrogen functional groups attached to an aromatic ring is 1. The van der Waals surface area contributed by atoms with Crippen molar-refractivity contribution in [2.75, 3.05) is 5.73 Å². The lowest BCUT2D eigenvalue weighted by atomic mass is 10.3. The largest absolute Gasteiger partial charge is 0.382 e. The van der Waals surface area contributed by atoms with Crippen LogP contribution in [0.5, 0.6) is 0 Å². The number of rotatable bonds is 1. The molecule has 2 aromatic heterocycles. The van der Waals surface area contributed by atoms with E-state index in [1.165, 1.54) is 6.20 Å². The first-order chi connectivity index (χ1) is 6.77. The molecule has 0 spiro atoms. The third-order valence-corrected chi connectivity index (χ3v) is 1.78. The number of hydrogen-bond acceptors (Lipinski definition) is 5. The molecule has 2 aromatic rings. The van der Waals surface area contributed by atoms with E-state index in [-0.39, 0.29) is 5.28 Å². The molecule has 0 radical (unpaired) electrons. The van der Waals surface area contributed by atoms with Gasteiger partial charge in [-0.2, -0.15) is 0 Å². The third kappa shape index (κ3) is 1.62. The minimum Gasteiger partial charge on any atom is -0.382 e. The lowest BCUT2D eigenvalue weighted by Crippen LogP contribution is -1.97. The van der Waals surface area contributed by atoms with Gasteiger partial charge in [-0.05, 0) is 17.7 Å². The molecule has 6 heteroatoms. The molecule has 2 heterocycles. The Labute approximate surface area is 85.0 Å². The summed E-state index contributed by atoms with van der Waals surface area (Å²) in [5, 5.41) is 0.160. The molecule has 0 saturated carbocycles. The van der Waals surface area contributed by atoms with E-state index >= 15 is 0 Å². The van der Waals surface area contributed by atoms with Crippen molar-refractivity contribution < 1.29 is 0 Å². The maximum atomic E-state index is 5.64. The highest BCUT2D eigenvalue weighted by Crippen LogP contribution is 2.18. The molecular formula is C8H6ClN5. The van der Waals surface area contributed by atoms with Gasteiger partial charge in [0.1, 0.15) is 5.69 Å². The molecule has 0 amide bonds. The first-order valence-electron chi connectivity index (χ1n) is 3.83. The molecule has 2 N–H and O–H groups in total. The first kappa shape index (κ1) is 8.83. The Hall–Kier alpha value is -1.75. The van der Waals surface area contributed by atoms with Gasteiger partial charge in [-0.25, -0.2) is 19.9 Å². The molecule has 0 aliphatic heterocycles. The summed E-state index contributed by atoms with van der Waals surface area (Å²) in [4.78, 5) is 15.7. The average molecular weight is 208 g/mol. The van der Waals surface area contributed by atoms with Crippen LogP contribution in [0.1, 0.15) is 0 Å². The van der Waals surface area contributed by atoms with E-state index in [9.17, 15) is 0 Å². The maximum Gasteiger partial charge on any atom is 0.222 e. The van der Waals surface area contributed by atoms with Gasteiger partial charge in [0.2, 0.25) is 5.28 Å². The molecule has 70 valence electrons. The Morgan fingerprint density at radius 3 is 2.57 bits per heavy atom. The van der Waals surface area contributed by atoms with Crippen molar-refractivity contribution in [1.29, 1.82) is 0 Å². The van der Waals surface area contributed by atoms with E-state index in [0.29, 0.717) is 17.2 Å². The predicted octanol–water partition coefficient (Wildman–Crippen LogP) is 1.17. The van der Waals surface area contributed by atoms with Crippen molar-refractivity contribution in [2.24, 2.45) is 0 Å². The Morgan fingerprint density at radius 2 is 1.86 bits per heavy atom. The molecule has 0 bridgehead atoms. The van der Waals surface area contributed by atoms with Crippen molar-refractivity contribution in [3.8, 4) is 11.4 Å². The highest BCUT2D eigenvalue weighted by atomic mass is 35.5. The first-order valence-corrected chi connectivity index (χ1v) is 4.20. The lowest BCUT2D eigenvalue weighted by molar-refractivity contribution is 1.13. The molecular weight excluding hydrogens is 202 g/mol. The summed E-state index contributed by atoms with van der Waals surface area (Å²) >= 11 is 5.64. The van der Waals surface area contributed by atoms with Gasteiger partial charge in [-0.15, -0.1) is 0 Å². The van der Waals surface area contributed by atoms with Crippen LogP contribution in [0.3, 0.4) is 0 Å². The maximum absolute atomic E-state index is 5.64. The minimum atomic E-state index is 0.160. The van der Waals surface area contributed by atoms with Crippen LogP contribution in [0.15, 0.2) is 24.7 Å². The van der Waals surface area contributed by atoms with Gasteiger partial charge in [0.05, 0.1) is 5.69 Å². The number of halogens is 1.